The molecule has 9 nitrogen and oxygen atoms in total. The minimum Gasteiger partial charge on any atom is -0.480 e. The number of carboxylic acids is 1. The molecule has 0 aliphatic heterocycles. The van der Waals surface area contributed by atoms with Gasteiger partial charge in [0.15, 0.2) is 0 Å². The number of aliphatic carboxylic acids is 1. The fourth-order valence-electron chi connectivity index (χ4n) is 0.966. The lowest BCUT2D eigenvalue weighted by Gasteiger charge is -2.11. The topological polar surface area (TPSA) is 128 Å². The minimum atomic E-state index is -1.17. The molecule has 0 rings (SSSR count). The summed E-state index contributed by atoms with van der Waals surface area (Å²) in [5.74, 6) is -1.90. The van der Waals surface area contributed by atoms with E-state index in [4.69, 9.17) is 5.11 Å². The van der Waals surface area contributed by atoms with E-state index >= 15 is 0 Å². The van der Waals surface area contributed by atoms with Crippen LogP contribution in [-0.4, -0.2) is 67.6 Å². The Bertz CT molecular complexity index is 356. The molecule has 0 aliphatic rings. The molecule has 0 aromatic heterocycles. The Hall–Kier alpha value is -2.32. The first-order valence-corrected chi connectivity index (χ1v) is 5.53. The summed E-state index contributed by atoms with van der Waals surface area (Å²) in [5.41, 5.74) is 0. The van der Waals surface area contributed by atoms with Gasteiger partial charge in [-0.3, -0.25) is 14.4 Å². The van der Waals surface area contributed by atoms with Crippen LogP contribution in [0.2, 0.25) is 0 Å². The Morgan fingerprint density at radius 1 is 1.00 bits per heavy atom. The van der Waals surface area contributed by atoms with Crippen molar-refractivity contribution in [3.63, 3.8) is 0 Å². The van der Waals surface area contributed by atoms with Crippen molar-refractivity contribution < 1.29 is 24.3 Å². The Labute approximate surface area is 110 Å². The number of amides is 4. The molecule has 4 amide bonds. The number of nitrogens with one attached hydrogen (secondary N) is 3. The van der Waals surface area contributed by atoms with Gasteiger partial charge in [-0.1, -0.05) is 0 Å². The molecule has 0 spiro atoms. The molecule has 0 aromatic rings. The van der Waals surface area contributed by atoms with Gasteiger partial charge in [-0.25, -0.2) is 4.79 Å². The van der Waals surface area contributed by atoms with Crippen molar-refractivity contribution in [1.29, 1.82) is 0 Å². The van der Waals surface area contributed by atoms with Crippen LogP contribution in [0.25, 0.3) is 0 Å². The maximum Gasteiger partial charge on any atom is 0.322 e. The van der Waals surface area contributed by atoms with E-state index in [1.807, 2.05) is 0 Å². The average Bonchev–Trinajstić information content (AvgIpc) is 2.33. The van der Waals surface area contributed by atoms with Crippen LogP contribution in [0.1, 0.15) is 6.42 Å². The molecule has 0 fully saturated rings. The van der Waals surface area contributed by atoms with Gasteiger partial charge in [0.1, 0.15) is 6.54 Å². The maximum atomic E-state index is 11.2. The quantitative estimate of drug-likeness (QED) is 0.425. The first kappa shape index (κ1) is 16.7. The zero-order chi connectivity index (χ0) is 14.8. The molecule has 0 saturated heterocycles. The van der Waals surface area contributed by atoms with E-state index in [1.54, 1.807) is 14.1 Å². The van der Waals surface area contributed by atoms with Crippen molar-refractivity contribution in [3.05, 3.63) is 0 Å². The van der Waals surface area contributed by atoms with Crippen molar-refractivity contribution in [2.75, 3.05) is 33.7 Å². The molecule has 4 N–H and O–H groups in total. The number of hydrogen-bond acceptors (Lipinski definition) is 4. The SMILES string of the molecule is CN(C)C(=O)CCNC(=O)NCC(=O)NCC(=O)O. The first-order chi connectivity index (χ1) is 8.82. The third kappa shape index (κ3) is 9.39. The summed E-state index contributed by atoms with van der Waals surface area (Å²) in [5, 5.41) is 15.0. The van der Waals surface area contributed by atoms with Crippen LogP contribution >= 0.6 is 0 Å². The molecule has 9 heteroatoms. The molecule has 0 heterocycles. The summed E-state index contributed by atoms with van der Waals surface area (Å²) in [6.45, 7) is -0.681. The molecule has 19 heavy (non-hydrogen) atoms. The fraction of sp³-hybridized carbons (Fsp3) is 0.600. The summed E-state index contributed by atoms with van der Waals surface area (Å²) >= 11 is 0. The van der Waals surface area contributed by atoms with Gasteiger partial charge >= 0.3 is 12.0 Å². The zero-order valence-electron chi connectivity index (χ0n) is 10.9. The van der Waals surface area contributed by atoms with Crippen molar-refractivity contribution in [1.82, 2.24) is 20.9 Å². The van der Waals surface area contributed by atoms with E-state index in [2.05, 4.69) is 16.0 Å². The largest absolute Gasteiger partial charge is 0.480 e. The van der Waals surface area contributed by atoms with Gasteiger partial charge in [0.25, 0.3) is 0 Å². The van der Waals surface area contributed by atoms with Gasteiger partial charge in [-0.15, -0.1) is 0 Å². The smallest absolute Gasteiger partial charge is 0.322 e. The maximum absolute atomic E-state index is 11.2. The standard InChI is InChI=1S/C10H18N4O5/c1-14(2)8(16)3-4-11-10(19)13-5-7(15)12-6-9(17)18/h3-6H2,1-2H3,(H,12,15)(H,17,18)(H2,11,13,19). The van der Waals surface area contributed by atoms with E-state index in [9.17, 15) is 19.2 Å². The van der Waals surface area contributed by atoms with E-state index in [-0.39, 0.29) is 25.4 Å². The van der Waals surface area contributed by atoms with Crippen molar-refractivity contribution in [2.24, 2.45) is 0 Å². The lowest BCUT2D eigenvalue weighted by Crippen LogP contribution is -2.43. The molecular weight excluding hydrogens is 256 g/mol. The monoisotopic (exact) mass is 274 g/mol. The van der Waals surface area contributed by atoms with Gasteiger partial charge in [0, 0.05) is 27.1 Å². The molecule has 0 bridgehead atoms. The van der Waals surface area contributed by atoms with Gasteiger partial charge in [-0.2, -0.15) is 0 Å². The van der Waals surface area contributed by atoms with E-state index in [1.165, 1.54) is 4.90 Å². The minimum absolute atomic E-state index is 0.125. The second kappa shape index (κ2) is 8.72. The van der Waals surface area contributed by atoms with Crippen LogP contribution in [0, 0.1) is 0 Å². The van der Waals surface area contributed by atoms with Crippen molar-refractivity contribution >= 4 is 23.8 Å². The fourth-order valence-corrected chi connectivity index (χ4v) is 0.966. The summed E-state index contributed by atoms with van der Waals surface area (Å²) in [7, 11) is 3.21. The molecule has 0 unspecified atom stereocenters. The van der Waals surface area contributed by atoms with E-state index in [0.29, 0.717) is 0 Å². The predicted molar refractivity (Wildman–Crippen MR) is 65.4 cm³/mol. The second-order valence-electron chi connectivity index (χ2n) is 3.82. The highest BCUT2D eigenvalue weighted by Gasteiger charge is 2.07. The van der Waals surface area contributed by atoms with Crippen LogP contribution < -0.4 is 16.0 Å². The van der Waals surface area contributed by atoms with Gasteiger partial charge in [0.2, 0.25) is 11.8 Å². The van der Waals surface area contributed by atoms with Gasteiger partial charge in [-0.05, 0) is 0 Å². The Kier molecular flexibility index (Phi) is 7.66. The predicted octanol–water partition coefficient (Wildman–Crippen LogP) is -2.04. The third-order valence-corrected chi connectivity index (χ3v) is 1.97. The number of rotatable bonds is 7. The van der Waals surface area contributed by atoms with Crippen LogP contribution in [0.3, 0.4) is 0 Å². The van der Waals surface area contributed by atoms with E-state index in [0.717, 1.165) is 0 Å². The number of carboxylic acid groups (broad SMARTS) is 1. The highest BCUT2D eigenvalue weighted by molar-refractivity contribution is 5.86. The van der Waals surface area contributed by atoms with Crippen LogP contribution in [0.5, 0.6) is 0 Å². The molecule has 0 aliphatic carbocycles. The normalized spacial score (nSPS) is 9.37. The number of carbonyl (C=O) groups excluding carboxylic acids is 3. The molecule has 108 valence electrons. The lowest BCUT2D eigenvalue weighted by atomic mass is 10.4. The molecule has 0 atom stereocenters. The first-order valence-electron chi connectivity index (χ1n) is 5.53. The van der Waals surface area contributed by atoms with Crippen LogP contribution in [0.15, 0.2) is 0 Å². The highest BCUT2D eigenvalue weighted by atomic mass is 16.4. The Morgan fingerprint density at radius 2 is 1.63 bits per heavy atom. The van der Waals surface area contributed by atoms with E-state index < -0.39 is 24.5 Å². The summed E-state index contributed by atoms with van der Waals surface area (Å²) < 4.78 is 0. The third-order valence-electron chi connectivity index (χ3n) is 1.97. The zero-order valence-corrected chi connectivity index (χ0v) is 10.9. The average molecular weight is 274 g/mol. The molecule has 0 saturated carbocycles. The number of carbonyl (C=O) groups is 4. The highest BCUT2D eigenvalue weighted by Crippen LogP contribution is 1.84. The second-order valence-corrected chi connectivity index (χ2v) is 3.82. The van der Waals surface area contributed by atoms with Crippen molar-refractivity contribution in [3.8, 4) is 0 Å². The van der Waals surface area contributed by atoms with Gasteiger partial charge < -0.3 is 26.0 Å². The summed E-state index contributed by atoms with van der Waals surface area (Å²) in [6, 6.07) is -0.600. The molecule has 0 radical (unpaired) electrons. The number of hydrogen-bond donors (Lipinski definition) is 4. The number of nitrogens with zero attached hydrogens (tertiary/aromatic N) is 1. The van der Waals surface area contributed by atoms with Crippen LogP contribution in [-0.2, 0) is 14.4 Å². The Balaban J connectivity index is 3.67. The van der Waals surface area contributed by atoms with Crippen molar-refractivity contribution in [2.45, 2.75) is 6.42 Å². The summed E-state index contributed by atoms with van der Waals surface area (Å²) in [4.78, 5) is 45.0. The Morgan fingerprint density at radius 3 is 2.16 bits per heavy atom. The molecule has 0 aromatic carbocycles. The number of urea groups is 1. The van der Waals surface area contributed by atoms with Crippen LogP contribution in [0.4, 0.5) is 4.79 Å². The summed E-state index contributed by atoms with van der Waals surface area (Å²) in [6.07, 6.45) is 0.158. The molecular formula is C10H18N4O5. The lowest BCUT2D eigenvalue weighted by molar-refractivity contribution is -0.137. The van der Waals surface area contributed by atoms with Gasteiger partial charge in [0.05, 0.1) is 6.54 Å².